The van der Waals surface area contributed by atoms with Crippen LogP contribution in [0.4, 0.5) is 0 Å². The van der Waals surface area contributed by atoms with E-state index < -0.39 is 18.4 Å². The zero-order chi connectivity index (χ0) is 14.2. The molecular weight excluding hydrogens is 250 g/mol. The molecule has 4 nitrogen and oxygen atoms in total. The fourth-order valence-corrected chi connectivity index (χ4v) is 1.51. The second-order valence-corrected chi connectivity index (χ2v) is 4.44. The number of carboxylic acids is 2. The predicted octanol–water partition coefficient (Wildman–Crippen LogP) is 2.61. The van der Waals surface area contributed by atoms with Crippen molar-refractivity contribution in [2.24, 2.45) is 0 Å². The van der Waals surface area contributed by atoms with Crippen LogP contribution < -0.4 is 0 Å². The molecule has 19 heavy (non-hydrogen) atoms. The van der Waals surface area contributed by atoms with Gasteiger partial charge in [-0.3, -0.25) is 9.59 Å². The molecular formula is C13H26LiNaO4. The molecule has 0 saturated carbocycles. The summed E-state index contributed by atoms with van der Waals surface area (Å²) in [6.07, 6.45) is 10.8. The van der Waals surface area contributed by atoms with Crippen molar-refractivity contribution in [3.63, 3.8) is 0 Å². The second kappa shape index (κ2) is 20.8. The third-order valence-electron chi connectivity index (χ3n) is 2.51. The fraction of sp³-hybridized carbons (Fsp3) is 0.846. The Morgan fingerprint density at radius 1 is 0.842 bits per heavy atom. The van der Waals surface area contributed by atoms with Gasteiger partial charge in [0, 0.05) is 0 Å². The van der Waals surface area contributed by atoms with Gasteiger partial charge in [-0.05, 0) is 0 Å². The number of hydrogen-bond donors (Lipinski definition) is 2. The Morgan fingerprint density at radius 3 is 1.47 bits per heavy atom. The molecule has 0 aromatic heterocycles. The van der Waals surface area contributed by atoms with Crippen LogP contribution in [0.15, 0.2) is 0 Å². The van der Waals surface area contributed by atoms with E-state index in [1.807, 2.05) is 0 Å². The van der Waals surface area contributed by atoms with Crippen LogP contribution >= 0.6 is 0 Å². The Kier molecular flexibility index (Phi) is 26.9. The minimum atomic E-state index is -1.31. The molecule has 0 aliphatic rings. The molecule has 0 bridgehead atoms. The molecule has 2 N–H and O–H groups in total. The van der Waals surface area contributed by atoms with Crippen molar-refractivity contribution in [2.45, 2.75) is 69.8 Å². The molecule has 6 heteroatoms. The van der Waals surface area contributed by atoms with Gasteiger partial charge in [-0.2, -0.15) is 0 Å². The molecule has 0 spiro atoms. The minimum absolute atomic E-state index is 0. The van der Waals surface area contributed by atoms with Crippen LogP contribution in [0, 0.1) is 0 Å². The molecule has 0 saturated heterocycles. The van der Waals surface area contributed by atoms with E-state index in [0.29, 0.717) is 0 Å². The molecule has 0 aromatic rings. The summed E-state index contributed by atoms with van der Waals surface area (Å²) in [6.45, 7) is 2.27. The first kappa shape index (κ1) is 24.5. The van der Waals surface area contributed by atoms with Crippen LogP contribution in [-0.2, 0) is 9.59 Å². The average Bonchev–Trinajstić information content (AvgIpc) is 2.27. The van der Waals surface area contributed by atoms with Gasteiger partial charge < -0.3 is 10.2 Å². The average molecular weight is 276 g/mol. The first-order valence-corrected chi connectivity index (χ1v) is 6.98. The number of aliphatic carboxylic acids is 2. The molecule has 0 amide bonds. The summed E-state index contributed by atoms with van der Waals surface area (Å²) in [5, 5.41) is 16.8. The van der Waals surface area contributed by atoms with Gasteiger partial charge in [0.1, 0.15) is 6.42 Å². The summed E-state index contributed by atoms with van der Waals surface area (Å²) in [5.74, 6) is -2.62. The van der Waals surface area contributed by atoms with E-state index in [-0.39, 0.29) is 29.6 Å². The van der Waals surface area contributed by atoms with Crippen LogP contribution in [0.2, 0.25) is 5.09 Å². The number of unbranched alkanes of at least 4 members (excludes halogenated alkanes) is 7. The fourth-order valence-electron chi connectivity index (χ4n) is 1.51. The van der Waals surface area contributed by atoms with Crippen LogP contribution in [0.5, 0.6) is 0 Å². The predicted molar refractivity (Wildman–Crippen MR) is 80.2 cm³/mol. The second-order valence-electron chi connectivity index (χ2n) is 4.44. The summed E-state index contributed by atoms with van der Waals surface area (Å²) in [7, 11) is 0. The maximum atomic E-state index is 9.43. The van der Waals surface area contributed by atoms with Crippen molar-refractivity contribution in [1.82, 2.24) is 0 Å². The van der Waals surface area contributed by atoms with Crippen LogP contribution in [0.25, 0.3) is 0 Å². The molecule has 0 aliphatic heterocycles. The first-order chi connectivity index (χ1) is 8.54. The Hall–Kier alpha value is 0.537. The van der Waals surface area contributed by atoms with Gasteiger partial charge in [-0.15, -0.1) is 0 Å². The number of carbonyl (C=O) groups is 2. The maximum absolute atomic E-state index is 9.43. The Labute approximate surface area is 148 Å². The normalized spacial score (nSPS) is 9.00. The van der Waals surface area contributed by atoms with Gasteiger partial charge in [0.25, 0.3) is 0 Å². The summed E-state index contributed by atoms with van der Waals surface area (Å²) in [6, 6.07) is 0. The monoisotopic (exact) mass is 276 g/mol. The van der Waals surface area contributed by atoms with Crippen LogP contribution in [0.3, 0.4) is 0 Å². The summed E-state index contributed by atoms with van der Waals surface area (Å²) in [4.78, 5) is 18.9. The Balaban J connectivity index is -0.000000280. The van der Waals surface area contributed by atoms with Gasteiger partial charge in [-0.25, -0.2) is 0 Å². The first-order valence-electron chi connectivity index (χ1n) is 6.98. The van der Waals surface area contributed by atoms with Gasteiger partial charge in [-0.1, -0.05) is 0 Å². The molecule has 104 valence electrons. The van der Waals surface area contributed by atoms with E-state index in [9.17, 15) is 9.59 Å². The van der Waals surface area contributed by atoms with Crippen LogP contribution in [0.1, 0.15) is 64.7 Å². The molecule has 0 fully saturated rings. The van der Waals surface area contributed by atoms with Gasteiger partial charge in [0.2, 0.25) is 0 Å². The molecule has 0 aromatic carbocycles. The summed E-state index contributed by atoms with van der Waals surface area (Å²) >= 11 is 2.27. The molecule has 0 aliphatic carbocycles. The van der Waals surface area contributed by atoms with E-state index >= 15 is 0 Å². The third kappa shape index (κ3) is 32.3. The van der Waals surface area contributed by atoms with Gasteiger partial charge >= 0.3 is 123 Å². The van der Waals surface area contributed by atoms with E-state index in [4.69, 9.17) is 10.2 Å². The molecule has 0 radical (unpaired) electrons. The van der Waals surface area contributed by atoms with E-state index in [1.54, 1.807) is 0 Å². The quantitative estimate of drug-likeness (QED) is 0.365. The van der Waals surface area contributed by atoms with E-state index in [2.05, 4.69) is 24.6 Å². The zero-order valence-electron chi connectivity index (χ0n) is 11.8. The Morgan fingerprint density at radius 2 is 1.21 bits per heavy atom. The van der Waals surface area contributed by atoms with Crippen molar-refractivity contribution in [2.75, 3.05) is 0 Å². The van der Waals surface area contributed by atoms with Crippen molar-refractivity contribution in [3.8, 4) is 0 Å². The van der Waals surface area contributed by atoms with Crippen molar-refractivity contribution in [3.05, 3.63) is 0 Å². The van der Waals surface area contributed by atoms with Crippen molar-refractivity contribution < 1.29 is 19.8 Å². The topological polar surface area (TPSA) is 74.6 Å². The van der Waals surface area contributed by atoms with Gasteiger partial charge in [0.15, 0.2) is 0 Å². The SMILES string of the molecule is O=C(O)CC(=O)O.[Li][CH2]CCCCCCCCC.[NaH]. The number of hydrogen-bond acceptors (Lipinski definition) is 2. The summed E-state index contributed by atoms with van der Waals surface area (Å²) in [5.41, 5.74) is 0. The number of rotatable bonds is 10. The molecule has 0 rings (SSSR count). The molecule has 0 heterocycles. The zero-order valence-corrected chi connectivity index (χ0v) is 11.8. The Bertz CT molecular complexity index is 193. The summed E-state index contributed by atoms with van der Waals surface area (Å²) < 4.78 is 0. The van der Waals surface area contributed by atoms with Crippen molar-refractivity contribution >= 4 is 59.2 Å². The van der Waals surface area contributed by atoms with E-state index in [1.165, 1.54) is 56.5 Å². The molecule has 0 unspecified atom stereocenters. The standard InChI is InChI=1S/C10H21.C3H4O4.Li.Na.H/c1-3-5-7-9-10-8-6-4-2;4-2(5)1-3(6)7;;;/h1,3-10H2,2H3;1H2,(H,4,5)(H,6,7);;;. The van der Waals surface area contributed by atoms with Crippen molar-refractivity contribution in [1.29, 1.82) is 0 Å². The van der Waals surface area contributed by atoms with E-state index in [0.717, 1.165) is 0 Å². The van der Waals surface area contributed by atoms with Gasteiger partial charge in [0.05, 0.1) is 0 Å². The number of carboxylic acid groups (broad SMARTS) is 2. The third-order valence-corrected chi connectivity index (χ3v) is 2.51. The van der Waals surface area contributed by atoms with Crippen LogP contribution in [-0.4, -0.2) is 69.4 Å². The molecule has 0 atom stereocenters.